The third kappa shape index (κ3) is 2.14. The van der Waals surface area contributed by atoms with Gasteiger partial charge in [-0.1, -0.05) is 0 Å². The number of fused-ring (bicyclic) bond motifs is 1. The Morgan fingerprint density at radius 3 is 2.85 bits per heavy atom. The molecule has 2 aromatic heterocycles. The highest BCUT2D eigenvalue weighted by Crippen LogP contribution is 2.31. The third-order valence-corrected chi connectivity index (χ3v) is 4.23. The van der Waals surface area contributed by atoms with E-state index in [0.717, 1.165) is 43.9 Å². The van der Waals surface area contributed by atoms with E-state index in [-0.39, 0.29) is 5.56 Å². The lowest BCUT2D eigenvalue weighted by Gasteiger charge is -2.22. The summed E-state index contributed by atoms with van der Waals surface area (Å²) in [6, 6.07) is 0.296. The van der Waals surface area contributed by atoms with Gasteiger partial charge in [0.25, 0.3) is 5.56 Å². The van der Waals surface area contributed by atoms with Gasteiger partial charge in [0.2, 0.25) is 0 Å². The summed E-state index contributed by atoms with van der Waals surface area (Å²) in [6.07, 6.45) is 6.88. The Morgan fingerprint density at radius 2 is 2.10 bits per heavy atom. The van der Waals surface area contributed by atoms with Crippen LogP contribution in [-0.4, -0.2) is 33.0 Å². The zero-order valence-corrected chi connectivity index (χ0v) is 11.3. The van der Waals surface area contributed by atoms with Gasteiger partial charge in [-0.2, -0.15) is 5.10 Å². The summed E-state index contributed by atoms with van der Waals surface area (Å²) in [5.41, 5.74) is 0.667. The minimum atomic E-state index is -0.0658. The second-order valence-electron chi connectivity index (χ2n) is 5.83. The summed E-state index contributed by atoms with van der Waals surface area (Å²) < 4.78 is 7.31. The SMILES string of the molecule is O=c1[nH]c(CC2CC2)nc2c1cnn2C1CCOCC1. The smallest absolute Gasteiger partial charge is 0.262 e. The number of nitrogens with one attached hydrogen (secondary N) is 1. The molecule has 0 amide bonds. The minimum Gasteiger partial charge on any atom is -0.381 e. The van der Waals surface area contributed by atoms with Gasteiger partial charge in [-0.3, -0.25) is 4.79 Å². The number of aromatic nitrogens is 4. The lowest BCUT2D eigenvalue weighted by atomic mass is 10.1. The van der Waals surface area contributed by atoms with Crippen molar-refractivity contribution < 1.29 is 4.74 Å². The Kier molecular flexibility index (Phi) is 2.84. The van der Waals surface area contributed by atoms with Crippen molar-refractivity contribution in [3.63, 3.8) is 0 Å². The van der Waals surface area contributed by atoms with Crippen LogP contribution in [0.2, 0.25) is 0 Å². The van der Waals surface area contributed by atoms with Crippen LogP contribution < -0.4 is 5.56 Å². The molecular weight excluding hydrogens is 256 g/mol. The number of nitrogens with zero attached hydrogens (tertiary/aromatic N) is 3. The molecule has 2 aromatic rings. The van der Waals surface area contributed by atoms with Crippen LogP contribution in [0.15, 0.2) is 11.0 Å². The van der Waals surface area contributed by atoms with Crippen LogP contribution in [0.25, 0.3) is 11.0 Å². The number of H-pyrrole nitrogens is 1. The van der Waals surface area contributed by atoms with E-state index in [1.54, 1.807) is 6.20 Å². The first-order chi connectivity index (χ1) is 9.81. The lowest BCUT2D eigenvalue weighted by Crippen LogP contribution is -2.21. The largest absolute Gasteiger partial charge is 0.381 e. The monoisotopic (exact) mass is 274 g/mol. The molecule has 0 atom stereocenters. The van der Waals surface area contributed by atoms with Crippen molar-refractivity contribution in [3.05, 3.63) is 22.4 Å². The second kappa shape index (κ2) is 4.70. The molecule has 1 aliphatic carbocycles. The van der Waals surface area contributed by atoms with E-state index >= 15 is 0 Å². The van der Waals surface area contributed by atoms with Crippen LogP contribution in [0.1, 0.15) is 37.5 Å². The Labute approximate surface area is 116 Å². The molecule has 1 saturated heterocycles. The quantitative estimate of drug-likeness (QED) is 0.918. The number of hydrogen-bond donors (Lipinski definition) is 1. The van der Waals surface area contributed by atoms with Crippen LogP contribution in [-0.2, 0) is 11.2 Å². The van der Waals surface area contributed by atoms with Gasteiger partial charge in [0, 0.05) is 19.6 Å². The van der Waals surface area contributed by atoms with Gasteiger partial charge in [-0.05, 0) is 31.6 Å². The van der Waals surface area contributed by atoms with Crippen molar-refractivity contribution in [1.82, 2.24) is 19.7 Å². The van der Waals surface area contributed by atoms with Crippen LogP contribution in [0.3, 0.4) is 0 Å². The van der Waals surface area contributed by atoms with Crippen LogP contribution in [0.4, 0.5) is 0 Å². The summed E-state index contributed by atoms with van der Waals surface area (Å²) in [6.45, 7) is 1.51. The molecule has 0 aromatic carbocycles. The maximum absolute atomic E-state index is 12.1. The van der Waals surface area contributed by atoms with Gasteiger partial charge < -0.3 is 9.72 Å². The van der Waals surface area contributed by atoms with E-state index in [0.29, 0.717) is 17.3 Å². The Balaban J connectivity index is 1.76. The molecular formula is C14H18N4O2. The lowest BCUT2D eigenvalue weighted by molar-refractivity contribution is 0.0673. The predicted molar refractivity (Wildman–Crippen MR) is 73.7 cm³/mol. The summed E-state index contributed by atoms with van der Waals surface area (Å²) in [7, 11) is 0. The summed E-state index contributed by atoms with van der Waals surface area (Å²) in [5, 5.41) is 4.99. The highest BCUT2D eigenvalue weighted by atomic mass is 16.5. The topological polar surface area (TPSA) is 72.8 Å². The molecule has 3 heterocycles. The van der Waals surface area contributed by atoms with Gasteiger partial charge in [0.15, 0.2) is 5.65 Å². The van der Waals surface area contributed by atoms with Gasteiger partial charge in [0.05, 0.1) is 12.2 Å². The number of ether oxygens (including phenoxy) is 1. The summed E-state index contributed by atoms with van der Waals surface area (Å²) in [4.78, 5) is 19.7. The Bertz CT molecular complexity index is 680. The normalized spacial score (nSPS) is 20.6. The van der Waals surface area contributed by atoms with Crippen LogP contribution >= 0.6 is 0 Å². The molecule has 0 radical (unpaired) electrons. The van der Waals surface area contributed by atoms with Crippen molar-refractivity contribution in [1.29, 1.82) is 0 Å². The van der Waals surface area contributed by atoms with Crippen LogP contribution in [0, 0.1) is 5.92 Å². The standard InChI is InChI=1S/C14H18N4O2/c19-14-11-8-15-18(10-3-5-20-6-4-10)13(11)16-12(17-14)7-9-1-2-9/h8-10H,1-7H2,(H,16,17,19). The van der Waals surface area contributed by atoms with Crippen molar-refractivity contribution in [3.8, 4) is 0 Å². The third-order valence-electron chi connectivity index (χ3n) is 4.23. The molecule has 6 heteroatoms. The van der Waals surface area contributed by atoms with E-state index < -0.39 is 0 Å². The fourth-order valence-electron chi connectivity index (χ4n) is 2.87. The molecule has 0 spiro atoms. The zero-order chi connectivity index (χ0) is 13.5. The molecule has 20 heavy (non-hydrogen) atoms. The van der Waals surface area contributed by atoms with E-state index in [2.05, 4.69) is 15.1 Å². The molecule has 1 saturated carbocycles. The zero-order valence-electron chi connectivity index (χ0n) is 11.3. The van der Waals surface area contributed by atoms with Crippen molar-refractivity contribution in [2.24, 2.45) is 5.92 Å². The Hall–Kier alpha value is -1.69. The second-order valence-corrected chi connectivity index (χ2v) is 5.83. The first kappa shape index (κ1) is 12.1. The predicted octanol–water partition coefficient (Wildman–Crippen LogP) is 1.42. The van der Waals surface area contributed by atoms with E-state index in [9.17, 15) is 4.79 Å². The summed E-state index contributed by atoms with van der Waals surface area (Å²) in [5.74, 6) is 1.51. The molecule has 4 rings (SSSR count). The fraction of sp³-hybridized carbons (Fsp3) is 0.643. The maximum Gasteiger partial charge on any atom is 0.262 e. The van der Waals surface area contributed by atoms with E-state index in [1.165, 1.54) is 12.8 Å². The van der Waals surface area contributed by atoms with Gasteiger partial charge in [-0.25, -0.2) is 9.67 Å². The molecule has 2 fully saturated rings. The molecule has 6 nitrogen and oxygen atoms in total. The van der Waals surface area contributed by atoms with Gasteiger partial charge in [0.1, 0.15) is 11.2 Å². The minimum absolute atomic E-state index is 0.0658. The fourth-order valence-corrected chi connectivity index (χ4v) is 2.87. The van der Waals surface area contributed by atoms with Gasteiger partial charge in [-0.15, -0.1) is 0 Å². The van der Waals surface area contributed by atoms with Gasteiger partial charge >= 0.3 is 0 Å². The molecule has 106 valence electrons. The molecule has 1 aliphatic heterocycles. The molecule has 0 unspecified atom stereocenters. The van der Waals surface area contributed by atoms with Crippen molar-refractivity contribution in [2.75, 3.05) is 13.2 Å². The number of aromatic amines is 1. The summed E-state index contributed by atoms with van der Waals surface area (Å²) >= 11 is 0. The molecule has 2 aliphatic rings. The van der Waals surface area contributed by atoms with E-state index in [4.69, 9.17) is 4.74 Å². The molecule has 1 N–H and O–H groups in total. The maximum atomic E-state index is 12.1. The number of rotatable bonds is 3. The Morgan fingerprint density at radius 1 is 1.30 bits per heavy atom. The molecule has 0 bridgehead atoms. The van der Waals surface area contributed by atoms with E-state index in [1.807, 2.05) is 4.68 Å². The first-order valence-corrected chi connectivity index (χ1v) is 7.35. The highest BCUT2D eigenvalue weighted by molar-refractivity contribution is 5.73. The average Bonchev–Trinajstić information content (AvgIpc) is 3.16. The number of hydrogen-bond acceptors (Lipinski definition) is 4. The van der Waals surface area contributed by atoms with Crippen molar-refractivity contribution >= 4 is 11.0 Å². The first-order valence-electron chi connectivity index (χ1n) is 7.35. The van der Waals surface area contributed by atoms with Crippen LogP contribution in [0.5, 0.6) is 0 Å². The average molecular weight is 274 g/mol. The van der Waals surface area contributed by atoms with Crippen molar-refractivity contribution in [2.45, 2.75) is 38.1 Å². The highest BCUT2D eigenvalue weighted by Gasteiger charge is 2.24.